The average Bonchev–Trinajstić information content (AvgIpc) is 2.67. The zero-order valence-corrected chi connectivity index (χ0v) is 11.0. The predicted octanol–water partition coefficient (Wildman–Crippen LogP) is 3.18. The second-order valence-electron chi connectivity index (χ2n) is 4.98. The number of nitrogens with zero attached hydrogens (tertiary/aromatic N) is 1. The molecule has 1 N–H and O–H groups in total. The van der Waals surface area contributed by atoms with Gasteiger partial charge in [-0.2, -0.15) is 0 Å². The third kappa shape index (κ3) is 2.83. The topological polar surface area (TPSA) is 33.1 Å². The summed E-state index contributed by atoms with van der Waals surface area (Å²) in [6.07, 6.45) is 5.45. The maximum Gasteiger partial charge on any atom is 0.0897 e. The maximum atomic E-state index is 10.0. The van der Waals surface area contributed by atoms with Gasteiger partial charge in [-0.25, -0.2) is 4.98 Å². The number of hydrogen-bond acceptors (Lipinski definition) is 3. The van der Waals surface area contributed by atoms with Crippen molar-refractivity contribution in [1.29, 1.82) is 0 Å². The van der Waals surface area contributed by atoms with Crippen LogP contribution in [-0.2, 0) is 6.42 Å². The summed E-state index contributed by atoms with van der Waals surface area (Å²) in [5.41, 5.74) is 1.17. The number of thiazole rings is 1. The maximum absolute atomic E-state index is 10.0. The molecule has 1 heterocycles. The Morgan fingerprint density at radius 1 is 1.50 bits per heavy atom. The van der Waals surface area contributed by atoms with E-state index in [1.54, 1.807) is 11.3 Å². The first-order valence-corrected chi connectivity index (χ1v) is 7.16. The zero-order chi connectivity index (χ0) is 11.5. The molecule has 1 aliphatic rings. The van der Waals surface area contributed by atoms with E-state index >= 15 is 0 Å². The van der Waals surface area contributed by atoms with Crippen LogP contribution in [0.3, 0.4) is 0 Å². The summed E-state index contributed by atoms with van der Waals surface area (Å²) in [6, 6.07) is 0. The Kier molecular flexibility index (Phi) is 3.98. The number of aryl methyl sites for hydroxylation is 1. The Morgan fingerprint density at radius 3 is 2.94 bits per heavy atom. The minimum absolute atomic E-state index is 0.107. The highest BCUT2D eigenvalue weighted by Gasteiger charge is 2.28. The Labute approximate surface area is 102 Å². The SMILES string of the molecule is CCC1CCC(O)C(Cc2csc(C)n2)C1. The van der Waals surface area contributed by atoms with Crippen molar-refractivity contribution in [2.75, 3.05) is 0 Å². The third-order valence-corrected chi connectivity index (χ3v) is 4.59. The summed E-state index contributed by atoms with van der Waals surface area (Å²) in [5.74, 6) is 1.24. The van der Waals surface area contributed by atoms with Gasteiger partial charge in [-0.1, -0.05) is 13.3 Å². The van der Waals surface area contributed by atoms with Gasteiger partial charge in [0.25, 0.3) is 0 Å². The Bertz CT molecular complexity index is 336. The van der Waals surface area contributed by atoms with E-state index in [1.165, 1.54) is 25.0 Å². The van der Waals surface area contributed by atoms with Crippen LogP contribution in [0, 0.1) is 18.8 Å². The van der Waals surface area contributed by atoms with Crippen molar-refractivity contribution in [3.63, 3.8) is 0 Å². The zero-order valence-electron chi connectivity index (χ0n) is 10.1. The first-order valence-electron chi connectivity index (χ1n) is 6.28. The van der Waals surface area contributed by atoms with Crippen LogP contribution < -0.4 is 0 Å². The molecule has 3 atom stereocenters. The lowest BCUT2D eigenvalue weighted by atomic mass is 9.76. The second-order valence-corrected chi connectivity index (χ2v) is 6.04. The minimum Gasteiger partial charge on any atom is -0.393 e. The van der Waals surface area contributed by atoms with E-state index in [2.05, 4.69) is 17.3 Å². The number of hydrogen-bond donors (Lipinski definition) is 1. The monoisotopic (exact) mass is 239 g/mol. The van der Waals surface area contributed by atoms with Gasteiger partial charge < -0.3 is 5.11 Å². The smallest absolute Gasteiger partial charge is 0.0897 e. The largest absolute Gasteiger partial charge is 0.393 e. The van der Waals surface area contributed by atoms with Crippen LogP contribution in [0.4, 0.5) is 0 Å². The van der Waals surface area contributed by atoms with E-state index < -0.39 is 0 Å². The molecule has 0 aromatic carbocycles. The van der Waals surface area contributed by atoms with Gasteiger partial charge in [0.15, 0.2) is 0 Å². The van der Waals surface area contributed by atoms with Crippen LogP contribution in [0.5, 0.6) is 0 Å². The van der Waals surface area contributed by atoms with Crippen molar-refractivity contribution in [2.45, 2.75) is 52.1 Å². The number of aliphatic hydroxyl groups is 1. The highest BCUT2D eigenvalue weighted by Crippen LogP contribution is 2.33. The summed E-state index contributed by atoms with van der Waals surface area (Å²) in [5, 5.41) is 13.3. The summed E-state index contributed by atoms with van der Waals surface area (Å²) < 4.78 is 0. The van der Waals surface area contributed by atoms with Gasteiger partial charge in [0, 0.05) is 5.38 Å². The van der Waals surface area contributed by atoms with Crippen molar-refractivity contribution in [3.8, 4) is 0 Å². The molecule has 3 heteroatoms. The fraction of sp³-hybridized carbons (Fsp3) is 0.769. The number of rotatable bonds is 3. The molecule has 16 heavy (non-hydrogen) atoms. The Morgan fingerprint density at radius 2 is 2.31 bits per heavy atom. The minimum atomic E-state index is -0.107. The summed E-state index contributed by atoms with van der Waals surface area (Å²) in [6.45, 7) is 4.30. The number of aliphatic hydroxyl groups excluding tert-OH is 1. The Hall–Kier alpha value is -0.410. The molecular formula is C13H21NOS. The van der Waals surface area contributed by atoms with E-state index in [0.29, 0.717) is 5.92 Å². The molecule has 1 saturated carbocycles. The molecular weight excluding hydrogens is 218 g/mol. The first kappa shape index (κ1) is 12.1. The molecule has 0 spiro atoms. The fourth-order valence-corrected chi connectivity index (χ4v) is 3.33. The van der Waals surface area contributed by atoms with Crippen LogP contribution >= 0.6 is 11.3 Å². The molecule has 0 amide bonds. The second kappa shape index (κ2) is 5.28. The van der Waals surface area contributed by atoms with Gasteiger partial charge in [0.2, 0.25) is 0 Å². The van der Waals surface area contributed by atoms with Crippen LogP contribution in [0.25, 0.3) is 0 Å². The van der Waals surface area contributed by atoms with Crippen LogP contribution in [-0.4, -0.2) is 16.2 Å². The molecule has 1 fully saturated rings. The molecule has 0 bridgehead atoms. The molecule has 1 aromatic heterocycles. The van der Waals surface area contributed by atoms with Gasteiger partial charge in [0.1, 0.15) is 0 Å². The van der Waals surface area contributed by atoms with Crippen molar-refractivity contribution in [1.82, 2.24) is 4.98 Å². The van der Waals surface area contributed by atoms with Crippen molar-refractivity contribution >= 4 is 11.3 Å². The van der Waals surface area contributed by atoms with E-state index in [9.17, 15) is 5.11 Å². The summed E-state index contributed by atoms with van der Waals surface area (Å²) in [4.78, 5) is 4.50. The number of aromatic nitrogens is 1. The molecule has 1 aliphatic carbocycles. The van der Waals surface area contributed by atoms with E-state index in [0.717, 1.165) is 23.8 Å². The van der Waals surface area contributed by atoms with Gasteiger partial charge in [-0.05, 0) is 44.4 Å². The van der Waals surface area contributed by atoms with Crippen LogP contribution in [0.15, 0.2) is 5.38 Å². The van der Waals surface area contributed by atoms with E-state index in [-0.39, 0.29) is 6.10 Å². The lowest BCUT2D eigenvalue weighted by Gasteiger charge is -2.32. The summed E-state index contributed by atoms with van der Waals surface area (Å²) >= 11 is 1.71. The molecule has 3 unspecified atom stereocenters. The Balaban J connectivity index is 1.96. The quantitative estimate of drug-likeness (QED) is 0.879. The molecule has 2 nitrogen and oxygen atoms in total. The molecule has 0 saturated heterocycles. The first-order chi connectivity index (χ1) is 7.69. The normalized spacial score (nSPS) is 30.6. The van der Waals surface area contributed by atoms with E-state index in [1.807, 2.05) is 6.92 Å². The predicted molar refractivity (Wildman–Crippen MR) is 67.7 cm³/mol. The van der Waals surface area contributed by atoms with Gasteiger partial charge >= 0.3 is 0 Å². The lowest BCUT2D eigenvalue weighted by molar-refractivity contribution is 0.0471. The lowest BCUT2D eigenvalue weighted by Crippen LogP contribution is -2.30. The standard InChI is InChI=1S/C13H21NOS/c1-3-10-4-5-13(15)11(6-10)7-12-8-16-9(2)14-12/h8,10-11,13,15H,3-7H2,1-2H3. The molecule has 1 aromatic rings. The van der Waals surface area contributed by atoms with Crippen LogP contribution in [0.1, 0.15) is 43.3 Å². The highest BCUT2D eigenvalue weighted by molar-refractivity contribution is 7.09. The molecule has 90 valence electrons. The van der Waals surface area contributed by atoms with Crippen molar-refractivity contribution in [3.05, 3.63) is 16.1 Å². The summed E-state index contributed by atoms with van der Waals surface area (Å²) in [7, 11) is 0. The van der Waals surface area contributed by atoms with Gasteiger partial charge in [-0.3, -0.25) is 0 Å². The third-order valence-electron chi connectivity index (χ3n) is 3.77. The average molecular weight is 239 g/mol. The van der Waals surface area contributed by atoms with Gasteiger partial charge in [0.05, 0.1) is 16.8 Å². The van der Waals surface area contributed by atoms with Crippen LogP contribution in [0.2, 0.25) is 0 Å². The van der Waals surface area contributed by atoms with Crippen molar-refractivity contribution < 1.29 is 5.11 Å². The molecule has 2 rings (SSSR count). The fourth-order valence-electron chi connectivity index (χ4n) is 2.71. The highest BCUT2D eigenvalue weighted by atomic mass is 32.1. The molecule has 0 aliphatic heterocycles. The van der Waals surface area contributed by atoms with Gasteiger partial charge in [-0.15, -0.1) is 11.3 Å². The van der Waals surface area contributed by atoms with Crippen molar-refractivity contribution in [2.24, 2.45) is 11.8 Å². The molecule has 0 radical (unpaired) electrons. The van der Waals surface area contributed by atoms with E-state index in [4.69, 9.17) is 0 Å².